The second-order valence-electron chi connectivity index (χ2n) is 17.2. The van der Waals surface area contributed by atoms with Crippen LogP contribution in [0, 0.1) is 0 Å². The van der Waals surface area contributed by atoms with E-state index in [9.17, 15) is 110 Å². The van der Waals surface area contributed by atoms with Crippen molar-refractivity contribution < 1.29 is 110 Å². The fourth-order valence-corrected chi connectivity index (χ4v) is 10.4. The summed E-state index contributed by atoms with van der Waals surface area (Å²) in [4.78, 5) is 15.0. The van der Waals surface area contributed by atoms with Crippen LogP contribution in [-0.4, -0.2) is 17.7 Å². The molecule has 7 aromatic carbocycles. The monoisotopic (exact) mass is 1170 g/mol. The fraction of sp³-hybridized carbons (Fsp3) is 0.173. The minimum Gasteiger partial charge on any atom is -0.289 e. The summed E-state index contributed by atoms with van der Waals surface area (Å²) in [7, 11) is -0.231. The smallest absolute Gasteiger partial charge is 0.289 e. The van der Waals surface area contributed by atoms with E-state index in [1.807, 2.05) is 66.7 Å². The van der Waals surface area contributed by atoms with Crippen molar-refractivity contribution in [3.05, 3.63) is 214 Å². The topological polar surface area (TPSA) is 17.1 Å². The molecular formula is C52H29BF24OS. The molecule has 79 heavy (non-hydrogen) atoms. The lowest BCUT2D eigenvalue weighted by molar-refractivity contribution is -0.144. The number of rotatable bonds is 9. The number of alkyl halides is 24. The van der Waals surface area contributed by atoms with Crippen molar-refractivity contribution in [1.82, 2.24) is 0 Å². The van der Waals surface area contributed by atoms with E-state index in [4.69, 9.17) is 0 Å². The van der Waals surface area contributed by atoms with Crippen LogP contribution in [0.2, 0.25) is 0 Å². The maximum absolute atomic E-state index is 14.2. The normalized spacial score (nSPS) is 13.3. The van der Waals surface area contributed by atoms with Crippen LogP contribution in [0.3, 0.4) is 0 Å². The van der Waals surface area contributed by atoms with Gasteiger partial charge in [-0.3, -0.25) is 4.79 Å². The Bertz CT molecular complexity index is 2790. The Kier molecular flexibility index (Phi) is 16.9. The third kappa shape index (κ3) is 14.4. The second kappa shape index (κ2) is 21.9. The van der Waals surface area contributed by atoms with Crippen molar-refractivity contribution >= 4 is 44.7 Å². The van der Waals surface area contributed by atoms with Crippen LogP contribution in [0.4, 0.5) is 105 Å². The van der Waals surface area contributed by atoms with Crippen molar-refractivity contribution in [3.63, 3.8) is 0 Å². The number of benzene rings is 7. The average molecular weight is 1170 g/mol. The van der Waals surface area contributed by atoms with Crippen molar-refractivity contribution in [2.75, 3.05) is 5.75 Å². The number of carbonyl (C=O) groups excluding carboxylic acids is 1. The summed E-state index contributed by atoms with van der Waals surface area (Å²) in [6.07, 6.45) is -54.8. The predicted octanol–water partition coefficient (Wildman–Crippen LogP) is 15.8. The van der Waals surface area contributed by atoms with Gasteiger partial charge in [0, 0.05) is 5.56 Å². The van der Waals surface area contributed by atoms with Crippen LogP contribution in [0.25, 0.3) is 0 Å². The zero-order valence-corrected chi connectivity index (χ0v) is 39.6. The van der Waals surface area contributed by atoms with Gasteiger partial charge in [0.2, 0.25) is 5.78 Å². The molecule has 420 valence electrons. The molecule has 0 amide bonds. The molecule has 0 unspecified atom stereocenters. The van der Waals surface area contributed by atoms with E-state index in [0.717, 1.165) is 5.56 Å². The van der Waals surface area contributed by atoms with Gasteiger partial charge in [0.05, 0.1) is 55.4 Å². The number of hydrogen-bond donors (Lipinski definition) is 0. The Morgan fingerprint density at radius 3 is 0.671 bits per heavy atom. The zero-order chi connectivity index (χ0) is 59.1. The molecule has 0 N–H and O–H groups in total. The maximum atomic E-state index is 14.2. The highest BCUT2D eigenvalue weighted by molar-refractivity contribution is 7.97. The molecule has 0 radical (unpaired) electrons. The lowest BCUT2D eigenvalue weighted by Gasteiger charge is -2.46. The minimum absolute atomic E-state index is 0.191. The molecule has 7 aromatic rings. The van der Waals surface area contributed by atoms with Gasteiger partial charge in [-0.05, 0) is 48.5 Å². The van der Waals surface area contributed by atoms with Gasteiger partial charge in [-0.25, -0.2) is 0 Å². The number of ketones is 1. The van der Waals surface area contributed by atoms with E-state index in [2.05, 4.69) is 24.3 Å². The molecule has 0 bridgehead atoms. The number of halogens is 24. The summed E-state index contributed by atoms with van der Waals surface area (Å²) >= 11 is 0. The second-order valence-corrected chi connectivity index (χ2v) is 19.2. The third-order valence-electron chi connectivity index (χ3n) is 11.9. The summed E-state index contributed by atoms with van der Waals surface area (Å²) in [5, 5.41) is 0. The molecule has 7 rings (SSSR count). The standard InChI is InChI=1S/C32H12BF24.C20H17OS/c34-25(35,36)13-1-14(26(37,38)39)6-21(5-13)33(22-7-15(27(40,41)42)2-16(8-22)28(43,44)45,23-9-17(29(46,47)48)3-18(10-23)30(49,50)51)24-11-19(31(52,53)54)4-20(12-24)32(55,56)57;21-20(17-10-4-1-5-11-17)16-22(18-12-6-2-7-13-18)19-14-8-3-9-15-19/h1-12H;1-15H,16H2/q-1;+1. The summed E-state index contributed by atoms with van der Waals surface area (Å²) in [6.45, 7) is 0. The highest BCUT2D eigenvalue weighted by atomic mass is 32.2. The van der Waals surface area contributed by atoms with Gasteiger partial charge >= 0.3 is 49.4 Å². The van der Waals surface area contributed by atoms with Gasteiger partial charge in [0.1, 0.15) is 6.15 Å². The number of hydrogen-bond acceptors (Lipinski definition) is 1. The van der Waals surface area contributed by atoms with Crippen molar-refractivity contribution in [2.24, 2.45) is 0 Å². The fourth-order valence-electron chi connectivity index (χ4n) is 8.38. The highest BCUT2D eigenvalue weighted by Gasteiger charge is 2.47. The molecule has 0 fully saturated rings. The molecule has 0 spiro atoms. The van der Waals surface area contributed by atoms with E-state index >= 15 is 0 Å². The minimum atomic E-state index is -6.13. The van der Waals surface area contributed by atoms with Crippen LogP contribution in [-0.2, 0) is 60.3 Å². The first-order valence-electron chi connectivity index (χ1n) is 21.9. The first-order valence-corrected chi connectivity index (χ1v) is 23.2. The maximum Gasteiger partial charge on any atom is 0.416 e. The van der Waals surface area contributed by atoms with Gasteiger partial charge in [-0.1, -0.05) is 115 Å². The zero-order valence-electron chi connectivity index (χ0n) is 38.8. The molecule has 1 nitrogen and oxygen atoms in total. The molecule has 0 saturated carbocycles. The lowest BCUT2D eigenvalue weighted by atomic mass is 9.12. The van der Waals surface area contributed by atoms with E-state index in [1.165, 1.54) is 9.79 Å². The largest absolute Gasteiger partial charge is 0.416 e. The van der Waals surface area contributed by atoms with E-state index in [1.54, 1.807) is 0 Å². The molecule has 0 aliphatic rings. The highest BCUT2D eigenvalue weighted by Crippen LogP contribution is 2.41. The van der Waals surface area contributed by atoms with Crippen LogP contribution < -0.4 is 21.9 Å². The molecule has 0 aliphatic carbocycles. The molecule has 0 aromatic heterocycles. The molecule has 0 atom stereocenters. The molecule has 0 saturated heterocycles. The molecule has 0 aliphatic heterocycles. The van der Waals surface area contributed by atoms with Gasteiger partial charge in [0.15, 0.2) is 15.5 Å². The summed E-state index contributed by atoms with van der Waals surface area (Å²) in [5.74, 6) is 0.703. The quantitative estimate of drug-likeness (QED) is 0.0609. The van der Waals surface area contributed by atoms with Gasteiger partial charge in [-0.2, -0.15) is 127 Å². The Labute approximate surface area is 432 Å². The van der Waals surface area contributed by atoms with Crippen LogP contribution in [0.15, 0.2) is 174 Å². The Morgan fingerprint density at radius 2 is 0.481 bits per heavy atom. The molecular weight excluding hydrogens is 1140 g/mol. The Hall–Kier alpha value is -7.06. The SMILES string of the molecule is FC(F)(F)c1cc([B-](c2cc(C(F)(F)F)cc(C(F)(F)F)c2)(c2cc(C(F)(F)F)cc(C(F)(F)F)c2)c2cc(C(F)(F)F)cc(C(F)(F)F)c2)cc(C(F)(F)F)c1.O=C(C[S+](c1ccccc1)c1ccccc1)c1ccccc1. The number of carbonyl (C=O) groups is 1. The lowest BCUT2D eigenvalue weighted by Crippen LogP contribution is -2.75. The summed E-state index contributed by atoms with van der Waals surface area (Å²) in [6, 6.07) is 21.3. The van der Waals surface area contributed by atoms with Crippen LogP contribution >= 0.6 is 0 Å². The van der Waals surface area contributed by atoms with Crippen molar-refractivity contribution in [2.45, 2.75) is 59.2 Å². The van der Waals surface area contributed by atoms with Gasteiger partial charge in [-0.15, -0.1) is 0 Å². The molecule has 0 heterocycles. The van der Waals surface area contributed by atoms with Gasteiger partial charge in [0.25, 0.3) is 0 Å². The predicted molar refractivity (Wildman–Crippen MR) is 242 cm³/mol. The first-order chi connectivity index (χ1) is 36.1. The summed E-state index contributed by atoms with van der Waals surface area (Å²) < 4.78 is 341. The Morgan fingerprint density at radius 1 is 0.291 bits per heavy atom. The average Bonchev–Trinajstić information content (AvgIpc) is 3.56. The van der Waals surface area contributed by atoms with Crippen molar-refractivity contribution in [1.29, 1.82) is 0 Å². The number of Topliss-reactive ketones (excluding diaryl/α,β-unsaturated/α-hetero) is 1. The van der Waals surface area contributed by atoms with Crippen LogP contribution in [0.5, 0.6) is 0 Å². The summed E-state index contributed by atoms with van der Waals surface area (Å²) in [5.41, 5.74) is -29.4. The van der Waals surface area contributed by atoms with E-state index in [0.29, 0.717) is 5.75 Å². The van der Waals surface area contributed by atoms with Crippen molar-refractivity contribution in [3.8, 4) is 0 Å². The Balaban J connectivity index is 0.000000378. The van der Waals surface area contributed by atoms with E-state index < -0.39 is 195 Å². The first kappa shape index (κ1) is 61.2. The van der Waals surface area contributed by atoms with Crippen LogP contribution in [0.1, 0.15) is 54.9 Å². The third-order valence-corrected chi connectivity index (χ3v) is 14.1. The van der Waals surface area contributed by atoms with E-state index in [-0.39, 0.29) is 16.7 Å². The van der Waals surface area contributed by atoms with Gasteiger partial charge < -0.3 is 0 Å². The molecule has 27 heteroatoms.